The smallest absolute Gasteiger partial charge is 0.317 e. The van der Waals surface area contributed by atoms with E-state index in [2.05, 4.69) is 10.2 Å². The zero-order valence-electron chi connectivity index (χ0n) is 12.2. The molecule has 2 N–H and O–H groups in total. The highest BCUT2D eigenvalue weighted by Gasteiger charge is 2.18. The Morgan fingerprint density at radius 1 is 1.50 bits per heavy atom. The second kappa shape index (κ2) is 7.12. The van der Waals surface area contributed by atoms with Crippen LogP contribution in [-0.2, 0) is 20.9 Å². The molecule has 0 fully saturated rings. The molecule has 0 aliphatic rings. The number of carbonyl (C=O) groups is 2. The minimum absolute atomic E-state index is 0.00785. The number of nitrogens with zero attached hydrogens (tertiary/aromatic N) is 3. The van der Waals surface area contributed by atoms with E-state index in [1.54, 1.807) is 18.4 Å². The summed E-state index contributed by atoms with van der Waals surface area (Å²) in [5.74, 6) is -0.0230. The molecule has 0 saturated heterocycles. The van der Waals surface area contributed by atoms with Gasteiger partial charge in [-0.2, -0.15) is 0 Å². The number of aromatic nitrogens is 3. The van der Waals surface area contributed by atoms with Crippen LogP contribution >= 0.6 is 11.8 Å². The van der Waals surface area contributed by atoms with Gasteiger partial charge in [-0.15, -0.1) is 10.2 Å². The molecule has 1 amide bonds. The van der Waals surface area contributed by atoms with Gasteiger partial charge in [0.1, 0.15) is 0 Å². The van der Waals surface area contributed by atoms with E-state index in [4.69, 9.17) is 14.9 Å². The Hall–Kier alpha value is -2.29. The van der Waals surface area contributed by atoms with Crippen LogP contribution in [0.4, 0.5) is 0 Å². The van der Waals surface area contributed by atoms with Crippen LogP contribution in [0.5, 0.6) is 0 Å². The Morgan fingerprint density at radius 3 is 2.86 bits per heavy atom. The molecule has 0 unspecified atom stereocenters. The van der Waals surface area contributed by atoms with Gasteiger partial charge in [0.05, 0.1) is 12.0 Å². The fourth-order valence-corrected chi connectivity index (χ4v) is 2.47. The van der Waals surface area contributed by atoms with Crippen LogP contribution in [0.25, 0.3) is 11.6 Å². The second-order valence-electron chi connectivity index (χ2n) is 4.35. The summed E-state index contributed by atoms with van der Waals surface area (Å²) in [6.07, 6.45) is 0.607. The molecular weight excluding hydrogens is 308 g/mol. The summed E-state index contributed by atoms with van der Waals surface area (Å²) in [5, 5.41) is 8.68. The molecule has 0 radical (unpaired) electrons. The molecular formula is C13H16N4O4S. The van der Waals surface area contributed by atoms with E-state index < -0.39 is 18.0 Å². The third-order valence-corrected chi connectivity index (χ3v) is 3.74. The lowest BCUT2D eigenvalue weighted by molar-refractivity contribution is -0.151. The normalized spacial score (nSPS) is 12.1. The van der Waals surface area contributed by atoms with Crippen LogP contribution in [0, 0.1) is 0 Å². The van der Waals surface area contributed by atoms with Gasteiger partial charge in [0.15, 0.2) is 22.8 Å². The van der Waals surface area contributed by atoms with Crippen molar-refractivity contribution < 1.29 is 18.7 Å². The van der Waals surface area contributed by atoms with Crippen LogP contribution < -0.4 is 5.73 Å². The van der Waals surface area contributed by atoms with Gasteiger partial charge in [-0.3, -0.25) is 14.2 Å². The quantitative estimate of drug-likeness (QED) is 0.598. The number of ether oxygens (including phenoxy) is 1. The molecule has 0 spiro atoms. The van der Waals surface area contributed by atoms with Crippen molar-refractivity contribution in [2.24, 2.45) is 5.73 Å². The number of nitrogens with two attached hydrogens (primary N) is 1. The monoisotopic (exact) mass is 324 g/mol. The fraction of sp³-hybridized carbons (Fsp3) is 0.385. The third-order valence-electron chi connectivity index (χ3n) is 2.80. The van der Waals surface area contributed by atoms with Gasteiger partial charge in [-0.1, -0.05) is 11.8 Å². The maximum Gasteiger partial charge on any atom is 0.317 e. The predicted octanol–water partition coefficient (Wildman–Crippen LogP) is 1.07. The van der Waals surface area contributed by atoms with Gasteiger partial charge in [-0.25, -0.2) is 0 Å². The van der Waals surface area contributed by atoms with Crippen molar-refractivity contribution >= 4 is 23.6 Å². The van der Waals surface area contributed by atoms with E-state index in [1.165, 1.54) is 18.7 Å². The molecule has 0 aliphatic heterocycles. The van der Waals surface area contributed by atoms with E-state index >= 15 is 0 Å². The van der Waals surface area contributed by atoms with Crippen LogP contribution in [-0.4, -0.2) is 38.5 Å². The molecule has 1 atom stereocenters. The number of carbonyl (C=O) groups excluding carboxylic acids is 2. The average molecular weight is 324 g/mol. The van der Waals surface area contributed by atoms with Crippen molar-refractivity contribution in [3.63, 3.8) is 0 Å². The maximum absolute atomic E-state index is 11.6. The van der Waals surface area contributed by atoms with E-state index in [9.17, 15) is 9.59 Å². The Morgan fingerprint density at radius 2 is 2.27 bits per heavy atom. The highest BCUT2D eigenvalue weighted by atomic mass is 32.2. The average Bonchev–Trinajstić information content (AvgIpc) is 3.13. The molecule has 0 bridgehead atoms. The van der Waals surface area contributed by atoms with Crippen molar-refractivity contribution in [3.8, 4) is 11.6 Å². The Kier molecular flexibility index (Phi) is 5.21. The number of rotatable bonds is 7. The third kappa shape index (κ3) is 3.67. The standard InChI is InChI=1S/C13H16N4O4S/c1-3-17-12(9-5-4-6-20-9)15-16-13(17)22-7-10(18)21-8(2)11(14)19/h4-6,8H,3,7H2,1-2H3,(H2,14,19)/t8-/m1/s1. The maximum atomic E-state index is 11.6. The first-order valence-electron chi connectivity index (χ1n) is 6.61. The Bertz CT molecular complexity index is 653. The minimum Gasteiger partial charge on any atom is -0.461 e. The van der Waals surface area contributed by atoms with Gasteiger partial charge in [0, 0.05) is 6.54 Å². The zero-order valence-corrected chi connectivity index (χ0v) is 13.0. The van der Waals surface area contributed by atoms with Crippen LogP contribution in [0.1, 0.15) is 13.8 Å². The molecule has 22 heavy (non-hydrogen) atoms. The van der Waals surface area contributed by atoms with Crippen molar-refractivity contribution in [2.75, 3.05) is 5.75 Å². The van der Waals surface area contributed by atoms with E-state index in [-0.39, 0.29) is 5.75 Å². The van der Waals surface area contributed by atoms with Gasteiger partial charge in [0.25, 0.3) is 5.91 Å². The first kappa shape index (κ1) is 16.1. The number of hydrogen-bond acceptors (Lipinski definition) is 7. The molecule has 0 aromatic carbocycles. The van der Waals surface area contributed by atoms with Crippen molar-refractivity contribution in [2.45, 2.75) is 31.7 Å². The van der Waals surface area contributed by atoms with Crippen molar-refractivity contribution in [3.05, 3.63) is 18.4 Å². The SMILES string of the molecule is CCn1c(SCC(=O)O[C@H](C)C(N)=O)nnc1-c1ccco1. The van der Waals surface area contributed by atoms with E-state index in [0.29, 0.717) is 23.3 Å². The van der Waals surface area contributed by atoms with Crippen molar-refractivity contribution in [1.82, 2.24) is 14.8 Å². The number of esters is 1. The number of amides is 1. The number of furan rings is 1. The summed E-state index contributed by atoms with van der Waals surface area (Å²) in [6, 6.07) is 3.55. The molecule has 0 saturated carbocycles. The summed E-state index contributed by atoms with van der Waals surface area (Å²) >= 11 is 1.17. The topological polar surface area (TPSA) is 113 Å². The van der Waals surface area contributed by atoms with Crippen LogP contribution in [0.3, 0.4) is 0 Å². The fourth-order valence-electron chi connectivity index (χ4n) is 1.68. The first-order chi connectivity index (χ1) is 10.5. The summed E-state index contributed by atoms with van der Waals surface area (Å²) in [6.45, 7) is 3.99. The highest BCUT2D eigenvalue weighted by molar-refractivity contribution is 7.99. The molecule has 0 aliphatic carbocycles. The molecule has 2 aromatic rings. The molecule has 8 nitrogen and oxygen atoms in total. The Labute approximate surface area is 131 Å². The summed E-state index contributed by atoms with van der Waals surface area (Å²) < 4.78 is 12.0. The number of thioether (sulfide) groups is 1. The number of hydrogen-bond donors (Lipinski definition) is 1. The lowest BCUT2D eigenvalue weighted by Gasteiger charge is -2.09. The lowest BCUT2D eigenvalue weighted by atomic mass is 10.4. The van der Waals surface area contributed by atoms with E-state index in [0.717, 1.165) is 0 Å². The largest absolute Gasteiger partial charge is 0.461 e. The summed E-state index contributed by atoms with van der Waals surface area (Å²) in [7, 11) is 0. The molecule has 118 valence electrons. The lowest BCUT2D eigenvalue weighted by Crippen LogP contribution is -2.31. The summed E-state index contributed by atoms with van der Waals surface area (Å²) in [4.78, 5) is 22.5. The van der Waals surface area contributed by atoms with Crippen LogP contribution in [0.2, 0.25) is 0 Å². The van der Waals surface area contributed by atoms with Gasteiger partial charge < -0.3 is 14.9 Å². The van der Waals surface area contributed by atoms with E-state index in [1.807, 2.05) is 11.5 Å². The molecule has 2 heterocycles. The highest BCUT2D eigenvalue weighted by Crippen LogP contribution is 2.24. The second-order valence-corrected chi connectivity index (χ2v) is 5.29. The summed E-state index contributed by atoms with van der Waals surface area (Å²) in [5.41, 5.74) is 5.03. The minimum atomic E-state index is -0.948. The van der Waals surface area contributed by atoms with Crippen molar-refractivity contribution in [1.29, 1.82) is 0 Å². The molecule has 9 heteroatoms. The van der Waals surface area contributed by atoms with Gasteiger partial charge in [0.2, 0.25) is 0 Å². The predicted molar refractivity (Wildman–Crippen MR) is 78.9 cm³/mol. The molecule has 2 aromatic heterocycles. The number of primary amides is 1. The Balaban J connectivity index is 2.02. The van der Waals surface area contributed by atoms with Crippen LogP contribution in [0.15, 0.2) is 28.0 Å². The van der Waals surface area contributed by atoms with Gasteiger partial charge in [-0.05, 0) is 26.0 Å². The zero-order chi connectivity index (χ0) is 16.1. The van der Waals surface area contributed by atoms with Gasteiger partial charge >= 0.3 is 5.97 Å². The molecule has 2 rings (SSSR count). The first-order valence-corrected chi connectivity index (χ1v) is 7.60.